The Balaban J connectivity index is 1.64. The average molecular weight is 252 g/mol. The minimum absolute atomic E-state index is 0.244. The van der Waals surface area contributed by atoms with E-state index in [0.717, 1.165) is 25.1 Å². The Labute approximate surface area is 111 Å². The average Bonchev–Trinajstić information content (AvgIpc) is 2.76. The van der Waals surface area contributed by atoms with Gasteiger partial charge < -0.3 is 10.5 Å². The number of hydrogen-bond acceptors (Lipinski definition) is 3. The summed E-state index contributed by atoms with van der Waals surface area (Å²) in [6, 6.07) is 1.11. The lowest BCUT2D eigenvalue weighted by molar-refractivity contribution is -0.106. The third-order valence-corrected chi connectivity index (χ3v) is 5.22. The van der Waals surface area contributed by atoms with Crippen LogP contribution in [0.2, 0.25) is 0 Å². The molecule has 2 N–H and O–H groups in total. The van der Waals surface area contributed by atoms with Crippen LogP contribution in [0.1, 0.15) is 51.9 Å². The Morgan fingerprint density at radius 3 is 2.72 bits per heavy atom. The van der Waals surface area contributed by atoms with Gasteiger partial charge in [0.25, 0.3) is 0 Å². The Bertz CT molecular complexity index is 278. The van der Waals surface area contributed by atoms with Gasteiger partial charge in [0, 0.05) is 31.8 Å². The minimum Gasteiger partial charge on any atom is -0.375 e. The van der Waals surface area contributed by atoms with Crippen LogP contribution in [0.15, 0.2) is 0 Å². The molecule has 3 heteroatoms. The second-order valence-corrected chi connectivity index (χ2v) is 6.94. The zero-order valence-electron chi connectivity index (χ0n) is 11.7. The fraction of sp³-hybridized carbons (Fsp3) is 1.00. The zero-order valence-corrected chi connectivity index (χ0v) is 11.7. The Morgan fingerprint density at radius 2 is 2.00 bits per heavy atom. The van der Waals surface area contributed by atoms with E-state index in [1.165, 1.54) is 51.5 Å². The summed E-state index contributed by atoms with van der Waals surface area (Å²) in [4.78, 5) is 2.67. The molecule has 3 rings (SSSR count). The Kier molecular flexibility index (Phi) is 3.65. The standard InChI is InChI=1S/C15H28N2O/c1-12-8-13(16)11-17(10-12)14-4-7-18-15(9-14)5-2-3-6-15/h12-14H,2-11,16H2,1H3. The molecule has 2 aliphatic heterocycles. The molecule has 1 aliphatic carbocycles. The number of piperidine rings is 1. The summed E-state index contributed by atoms with van der Waals surface area (Å²) in [5, 5.41) is 0. The first-order valence-corrected chi connectivity index (χ1v) is 7.80. The third-order valence-electron chi connectivity index (χ3n) is 5.22. The van der Waals surface area contributed by atoms with Gasteiger partial charge in [-0.05, 0) is 38.0 Å². The SMILES string of the molecule is CC1CC(N)CN(C2CCOC3(CCCC3)C2)C1. The largest absolute Gasteiger partial charge is 0.375 e. The Morgan fingerprint density at radius 1 is 1.22 bits per heavy atom. The van der Waals surface area contributed by atoms with Crippen LogP contribution >= 0.6 is 0 Å². The van der Waals surface area contributed by atoms with Crippen LogP contribution in [0.4, 0.5) is 0 Å². The van der Waals surface area contributed by atoms with Crippen LogP contribution in [0.5, 0.6) is 0 Å². The molecule has 2 saturated heterocycles. The van der Waals surface area contributed by atoms with Crippen LogP contribution in [0.25, 0.3) is 0 Å². The molecule has 3 unspecified atom stereocenters. The van der Waals surface area contributed by atoms with Crippen molar-refractivity contribution < 1.29 is 4.74 Å². The van der Waals surface area contributed by atoms with Gasteiger partial charge in [-0.25, -0.2) is 0 Å². The topological polar surface area (TPSA) is 38.5 Å². The molecule has 2 heterocycles. The lowest BCUT2D eigenvalue weighted by atomic mass is 9.86. The summed E-state index contributed by atoms with van der Waals surface area (Å²) in [7, 11) is 0. The molecular formula is C15H28N2O. The van der Waals surface area contributed by atoms with Gasteiger partial charge in [0.05, 0.1) is 5.60 Å². The van der Waals surface area contributed by atoms with Crippen molar-refractivity contribution in [1.29, 1.82) is 0 Å². The van der Waals surface area contributed by atoms with E-state index in [4.69, 9.17) is 10.5 Å². The molecular weight excluding hydrogens is 224 g/mol. The molecule has 104 valence electrons. The van der Waals surface area contributed by atoms with Crippen LogP contribution in [0, 0.1) is 5.92 Å². The third kappa shape index (κ3) is 2.59. The minimum atomic E-state index is 0.244. The van der Waals surface area contributed by atoms with Gasteiger partial charge in [0.1, 0.15) is 0 Å². The number of hydrogen-bond donors (Lipinski definition) is 1. The van der Waals surface area contributed by atoms with Crippen molar-refractivity contribution in [2.75, 3.05) is 19.7 Å². The second-order valence-electron chi connectivity index (χ2n) is 6.94. The van der Waals surface area contributed by atoms with E-state index in [9.17, 15) is 0 Å². The van der Waals surface area contributed by atoms with Crippen molar-refractivity contribution in [3.63, 3.8) is 0 Å². The van der Waals surface area contributed by atoms with Crippen molar-refractivity contribution in [3.8, 4) is 0 Å². The van der Waals surface area contributed by atoms with Crippen molar-refractivity contribution in [2.24, 2.45) is 11.7 Å². The molecule has 1 spiro atoms. The van der Waals surface area contributed by atoms with Gasteiger partial charge in [0.2, 0.25) is 0 Å². The fourth-order valence-corrected chi connectivity index (χ4v) is 4.42. The van der Waals surface area contributed by atoms with Crippen molar-refractivity contribution in [3.05, 3.63) is 0 Å². The second kappa shape index (κ2) is 5.10. The molecule has 3 aliphatic rings. The molecule has 3 fully saturated rings. The van der Waals surface area contributed by atoms with Gasteiger partial charge in [-0.3, -0.25) is 4.90 Å². The number of nitrogens with two attached hydrogens (primary N) is 1. The molecule has 3 atom stereocenters. The van der Waals surface area contributed by atoms with Gasteiger partial charge >= 0.3 is 0 Å². The van der Waals surface area contributed by atoms with Gasteiger partial charge in [-0.2, -0.15) is 0 Å². The number of rotatable bonds is 1. The first-order chi connectivity index (χ1) is 8.67. The number of likely N-dealkylation sites (tertiary alicyclic amines) is 1. The molecule has 0 aromatic rings. The fourth-order valence-electron chi connectivity index (χ4n) is 4.42. The first-order valence-electron chi connectivity index (χ1n) is 7.80. The highest BCUT2D eigenvalue weighted by molar-refractivity contribution is 4.95. The van der Waals surface area contributed by atoms with E-state index >= 15 is 0 Å². The lowest BCUT2D eigenvalue weighted by Crippen LogP contribution is -2.54. The van der Waals surface area contributed by atoms with E-state index in [1.54, 1.807) is 0 Å². The number of ether oxygens (including phenoxy) is 1. The van der Waals surface area contributed by atoms with Gasteiger partial charge in [-0.15, -0.1) is 0 Å². The van der Waals surface area contributed by atoms with Crippen molar-refractivity contribution >= 4 is 0 Å². The first kappa shape index (κ1) is 12.9. The highest BCUT2D eigenvalue weighted by Gasteiger charge is 2.42. The normalized spacial score (nSPS) is 41.3. The van der Waals surface area contributed by atoms with Crippen LogP contribution in [-0.2, 0) is 4.74 Å². The summed E-state index contributed by atoms with van der Waals surface area (Å²) >= 11 is 0. The smallest absolute Gasteiger partial charge is 0.0697 e. The maximum absolute atomic E-state index is 6.19. The summed E-state index contributed by atoms with van der Waals surface area (Å²) in [5.41, 5.74) is 6.44. The zero-order chi connectivity index (χ0) is 12.6. The monoisotopic (exact) mass is 252 g/mol. The van der Waals surface area contributed by atoms with E-state index in [-0.39, 0.29) is 5.60 Å². The van der Waals surface area contributed by atoms with Crippen LogP contribution < -0.4 is 5.73 Å². The number of nitrogens with zero attached hydrogens (tertiary/aromatic N) is 1. The highest BCUT2D eigenvalue weighted by Crippen LogP contribution is 2.41. The molecule has 3 nitrogen and oxygen atoms in total. The molecule has 0 bridgehead atoms. The van der Waals surface area contributed by atoms with E-state index < -0.39 is 0 Å². The van der Waals surface area contributed by atoms with Crippen LogP contribution in [-0.4, -0.2) is 42.3 Å². The predicted molar refractivity (Wildman–Crippen MR) is 73.5 cm³/mol. The molecule has 0 aromatic carbocycles. The lowest BCUT2D eigenvalue weighted by Gasteiger charge is -2.46. The summed E-state index contributed by atoms with van der Waals surface area (Å²) in [5.74, 6) is 0.760. The Hall–Kier alpha value is -0.120. The van der Waals surface area contributed by atoms with Crippen LogP contribution in [0.3, 0.4) is 0 Å². The van der Waals surface area contributed by atoms with E-state index in [1.807, 2.05) is 0 Å². The molecule has 1 saturated carbocycles. The molecule has 0 radical (unpaired) electrons. The van der Waals surface area contributed by atoms with Crippen molar-refractivity contribution in [2.45, 2.75) is 69.6 Å². The summed E-state index contributed by atoms with van der Waals surface area (Å²) in [6.07, 6.45) is 8.97. The van der Waals surface area contributed by atoms with Crippen molar-refractivity contribution in [1.82, 2.24) is 4.90 Å². The quantitative estimate of drug-likeness (QED) is 0.777. The molecule has 0 aromatic heterocycles. The highest BCUT2D eigenvalue weighted by atomic mass is 16.5. The summed E-state index contributed by atoms with van der Waals surface area (Å²) in [6.45, 7) is 5.65. The molecule has 18 heavy (non-hydrogen) atoms. The van der Waals surface area contributed by atoms with E-state index in [2.05, 4.69) is 11.8 Å². The maximum Gasteiger partial charge on any atom is 0.0697 e. The van der Waals surface area contributed by atoms with Gasteiger partial charge in [-0.1, -0.05) is 19.8 Å². The van der Waals surface area contributed by atoms with E-state index in [0.29, 0.717) is 6.04 Å². The predicted octanol–water partition coefficient (Wildman–Crippen LogP) is 2.15. The van der Waals surface area contributed by atoms with Gasteiger partial charge in [0.15, 0.2) is 0 Å². The summed E-state index contributed by atoms with van der Waals surface area (Å²) < 4.78 is 6.14. The molecule has 0 amide bonds. The maximum atomic E-state index is 6.19.